The number of hydrogen-bond donors (Lipinski definition) is 2. The van der Waals surface area contributed by atoms with E-state index in [0.29, 0.717) is 40.1 Å². The number of benzene rings is 2. The van der Waals surface area contributed by atoms with Crippen LogP contribution in [0.15, 0.2) is 65.7 Å². The van der Waals surface area contributed by atoms with E-state index >= 15 is 0 Å². The van der Waals surface area contributed by atoms with Crippen molar-refractivity contribution in [1.29, 1.82) is 0 Å². The van der Waals surface area contributed by atoms with Gasteiger partial charge in [0.05, 0.1) is 10.6 Å². The standard InChI is InChI=1S/C28H26F3N5O3S/c29-28(30,31)39-23-7-2-1-6-22(23)20-5-3-4-19(14-20)17-32-16-18-9-12-36(13-10-18)26-33-11-8-21(34-26)15-24-25(37)35-27(38)40-24/h1-8,11,14-15,18,32H,9-10,12-13,16-17H2,(H,35,37,38). The molecule has 2 aromatic carbocycles. The summed E-state index contributed by atoms with van der Waals surface area (Å²) in [4.78, 5) is 34.5. The Bertz CT molecular complexity index is 1420. The molecular formula is C28H26F3N5O3S. The Labute approximate surface area is 233 Å². The van der Waals surface area contributed by atoms with Crippen LogP contribution >= 0.6 is 11.8 Å². The monoisotopic (exact) mass is 569 g/mol. The number of rotatable bonds is 8. The lowest BCUT2D eigenvalue weighted by Gasteiger charge is -2.32. The number of amides is 2. The summed E-state index contributed by atoms with van der Waals surface area (Å²) in [6, 6.07) is 15.2. The van der Waals surface area contributed by atoms with Crippen LogP contribution in [0.4, 0.5) is 23.9 Å². The second kappa shape index (κ2) is 12.1. The van der Waals surface area contributed by atoms with Crippen LogP contribution < -0.4 is 20.3 Å². The second-order valence-electron chi connectivity index (χ2n) is 9.44. The Balaban J connectivity index is 1.13. The number of carbonyl (C=O) groups excluding carboxylic acids is 2. The van der Waals surface area contributed by atoms with Crippen molar-refractivity contribution >= 4 is 34.9 Å². The number of piperidine rings is 1. The predicted molar refractivity (Wildman–Crippen MR) is 146 cm³/mol. The zero-order valence-electron chi connectivity index (χ0n) is 21.3. The molecule has 2 aliphatic heterocycles. The van der Waals surface area contributed by atoms with E-state index in [1.165, 1.54) is 12.1 Å². The first-order valence-corrected chi connectivity index (χ1v) is 13.5. The maximum Gasteiger partial charge on any atom is 0.573 e. The summed E-state index contributed by atoms with van der Waals surface area (Å²) in [6.07, 6.45) is 0.353. The molecule has 0 unspecified atom stereocenters. The first-order chi connectivity index (χ1) is 19.2. The number of nitrogens with zero attached hydrogens (tertiary/aromatic N) is 3. The lowest BCUT2D eigenvalue weighted by atomic mass is 9.96. The van der Waals surface area contributed by atoms with Crippen molar-refractivity contribution in [3.05, 3.63) is 77.0 Å². The Morgan fingerprint density at radius 3 is 2.65 bits per heavy atom. The lowest BCUT2D eigenvalue weighted by molar-refractivity contribution is -0.274. The zero-order chi connectivity index (χ0) is 28.1. The molecule has 2 fully saturated rings. The smallest absolute Gasteiger partial charge is 0.405 e. The van der Waals surface area contributed by atoms with E-state index in [1.54, 1.807) is 36.5 Å². The summed E-state index contributed by atoms with van der Waals surface area (Å²) < 4.78 is 42.7. The van der Waals surface area contributed by atoms with Gasteiger partial charge in [-0.25, -0.2) is 9.97 Å². The molecule has 40 heavy (non-hydrogen) atoms. The maximum atomic E-state index is 12.8. The number of hydrogen-bond acceptors (Lipinski definition) is 8. The van der Waals surface area contributed by atoms with Gasteiger partial charge in [0.15, 0.2) is 0 Å². The Kier molecular flexibility index (Phi) is 8.36. The molecule has 1 aromatic heterocycles. The topological polar surface area (TPSA) is 96.5 Å². The van der Waals surface area contributed by atoms with E-state index < -0.39 is 17.5 Å². The van der Waals surface area contributed by atoms with E-state index in [-0.39, 0.29) is 5.75 Å². The Morgan fingerprint density at radius 1 is 1.10 bits per heavy atom. The van der Waals surface area contributed by atoms with Crippen molar-refractivity contribution in [2.45, 2.75) is 25.7 Å². The van der Waals surface area contributed by atoms with Crippen molar-refractivity contribution in [2.75, 3.05) is 24.5 Å². The summed E-state index contributed by atoms with van der Waals surface area (Å²) in [7, 11) is 0. The normalized spacial score (nSPS) is 17.4. The van der Waals surface area contributed by atoms with Gasteiger partial charge < -0.3 is 15.0 Å². The average molecular weight is 570 g/mol. The summed E-state index contributed by atoms with van der Waals surface area (Å²) in [6.45, 7) is 2.96. The first-order valence-electron chi connectivity index (χ1n) is 12.7. The van der Waals surface area contributed by atoms with Crippen LogP contribution in [0.2, 0.25) is 0 Å². The van der Waals surface area contributed by atoms with Gasteiger partial charge in [-0.3, -0.25) is 14.9 Å². The van der Waals surface area contributed by atoms with E-state index in [2.05, 4.69) is 30.2 Å². The number of para-hydroxylation sites is 1. The first kappa shape index (κ1) is 27.7. The number of nitrogens with one attached hydrogen (secondary N) is 2. The minimum Gasteiger partial charge on any atom is -0.405 e. The highest BCUT2D eigenvalue weighted by molar-refractivity contribution is 8.18. The van der Waals surface area contributed by atoms with E-state index in [1.807, 2.05) is 18.2 Å². The highest BCUT2D eigenvalue weighted by Crippen LogP contribution is 2.34. The van der Waals surface area contributed by atoms with E-state index in [9.17, 15) is 22.8 Å². The van der Waals surface area contributed by atoms with Gasteiger partial charge in [-0.05, 0) is 72.5 Å². The molecule has 8 nitrogen and oxygen atoms in total. The van der Waals surface area contributed by atoms with Crippen LogP contribution in [0.1, 0.15) is 24.1 Å². The molecule has 12 heteroatoms. The van der Waals surface area contributed by atoms with Gasteiger partial charge in [0, 0.05) is 31.4 Å². The molecule has 5 rings (SSSR count). The van der Waals surface area contributed by atoms with Gasteiger partial charge in [-0.15, -0.1) is 13.2 Å². The van der Waals surface area contributed by atoms with Crippen LogP contribution in [-0.2, 0) is 11.3 Å². The molecule has 0 atom stereocenters. The molecule has 2 saturated heterocycles. The third-order valence-electron chi connectivity index (χ3n) is 6.60. The summed E-state index contributed by atoms with van der Waals surface area (Å²) in [5.74, 6) is 0.392. The minimum absolute atomic E-state index is 0.226. The van der Waals surface area contributed by atoms with Gasteiger partial charge in [-0.1, -0.05) is 36.4 Å². The molecular weight excluding hydrogens is 543 g/mol. The third kappa shape index (κ3) is 7.19. The Hall–Kier alpha value is -3.90. The van der Waals surface area contributed by atoms with Gasteiger partial charge in [0.2, 0.25) is 5.95 Å². The van der Waals surface area contributed by atoms with Crippen molar-refractivity contribution in [2.24, 2.45) is 5.92 Å². The average Bonchev–Trinajstić information content (AvgIpc) is 3.25. The fourth-order valence-electron chi connectivity index (χ4n) is 4.68. The highest BCUT2D eigenvalue weighted by atomic mass is 32.2. The molecule has 0 spiro atoms. The Morgan fingerprint density at radius 2 is 1.90 bits per heavy atom. The van der Waals surface area contributed by atoms with Gasteiger partial charge in [0.25, 0.3) is 11.1 Å². The van der Waals surface area contributed by atoms with Gasteiger partial charge in [-0.2, -0.15) is 0 Å². The number of halogens is 3. The molecule has 2 amide bonds. The highest BCUT2D eigenvalue weighted by Gasteiger charge is 2.32. The van der Waals surface area contributed by atoms with Crippen molar-refractivity contribution in [3.8, 4) is 16.9 Å². The summed E-state index contributed by atoms with van der Waals surface area (Å²) in [5, 5.41) is 5.32. The quantitative estimate of drug-likeness (QED) is 0.350. The van der Waals surface area contributed by atoms with E-state index in [4.69, 9.17) is 0 Å². The van der Waals surface area contributed by atoms with Gasteiger partial charge >= 0.3 is 6.36 Å². The molecule has 2 aliphatic rings. The molecule has 0 radical (unpaired) electrons. The number of thioether (sulfide) groups is 1. The van der Waals surface area contributed by atoms with Crippen LogP contribution in [0.25, 0.3) is 17.2 Å². The zero-order valence-corrected chi connectivity index (χ0v) is 22.1. The largest absolute Gasteiger partial charge is 0.573 e. The molecule has 2 N–H and O–H groups in total. The predicted octanol–water partition coefficient (Wildman–Crippen LogP) is 5.37. The van der Waals surface area contributed by atoms with Crippen molar-refractivity contribution in [3.63, 3.8) is 0 Å². The number of ether oxygens (including phenoxy) is 1. The molecule has 0 aliphatic carbocycles. The summed E-state index contributed by atoms with van der Waals surface area (Å²) >= 11 is 0.852. The van der Waals surface area contributed by atoms with E-state index in [0.717, 1.165) is 49.8 Å². The number of aromatic nitrogens is 2. The van der Waals surface area contributed by atoms with Crippen LogP contribution in [0.5, 0.6) is 5.75 Å². The molecule has 0 bridgehead atoms. The number of alkyl halides is 3. The fourth-order valence-corrected chi connectivity index (χ4v) is 5.34. The van der Waals surface area contributed by atoms with Crippen LogP contribution in [0.3, 0.4) is 0 Å². The number of imide groups is 1. The third-order valence-corrected chi connectivity index (χ3v) is 7.41. The van der Waals surface area contributed by atoms with Crippen LogP contribution in [0, 0.1) is 5.92 Å². The van der Waals surface area contributed by atoms with Crippen molar-refractivity contribution < 1.29 is 27.5 Å². The molecule has 208 valence electrons. The number of carbonyl (C=O) groups is 2. The minimum atomic E-state index is -4.76. The fraction of sp³-hybridized carbons (Fsp3) is 0.286. The lowest BCUT2D eigenvalue weighted by Crippen LogP contribution is -2.38. The SMILES string of the molecule is O=C1NC(=O)C(=Cc2ccnc(N3CCC(CNCc4cccc(-c5ccccc5OC(F)(F)F)c4)CC3)n2)S1. The number of anilines is 1. The summed E-state index contributed by atoms with van der Waals surface area (Å²) in [5.41, 5.74) is 2.57. The van der Waals surface area contributed by atoms with Gasteiger partial charge in [0.1, 0.15) is 5.75 Å². The van der Waals surface area contributed by atoms with Crippen molar-refractivity contribution in [1.82, 2.24) is 20.6 Å². The molecule has 0 saturated carbocycles. The maximum absolute atomic E-state index is 12.8. The second-order valence-corrected chi connectivity index (χ2v) is 10.5. The molecule has 3 heterocycles. The molecule has 3 aromatic rings. The van der Waals surface area contributed by atoms with Crippen LogP contribution in [-0.4, -0.2) is 47.1 Å².